The summed E-state index contributed by atoms with van der Waals surface area (Å²) >= 11 is 0. The van der Waals surface area contributed by atoms with Crippen molar-refractivity contribution >= 4 is 5.57 Å². The maximum Gasteiger partial charge on any atom is 0.127 e. The van der Waals surface area contributed by atoms with E-state index in [1.807, 2.05) is 18.2 Å². The molecule has 2 aliphatic rings. The second-order valence-corrected chi connectivity index (χ2v) is 4.82. The summed E-state index contributed by atoms with van der Waals surface area (Å²) < 4.78 is 6.01. The molecule has 0 aromatic heterocycles. The summed E-state index contributed by atoms with van der Waals surface area (Å²) in [5.41, 5.74) is 2.59. The second-order valence-electron chi connectivity index (χ2n) is 4.82. The maximum atomic E-state index is 6.01. The van der Waals surface area contributed by atoms with Crippen LogP contribution < -0.4 is 4.74 Å². The van der Waals surface area contributed by atoms with Crippen LogP contribution in [0.25, 0.3) is 5.57 Å². The highest BCUT2D eigenvalue weighted by atomic mass is 16.5. The molecule has 2 unspecified atom stereocenters. The van der Waals surface area contributed by atoms with Crippen LogP contribution in [0.15, 0.2) is 30.8 Å². The van der Waals surface area contributed by atoms with Crippen LogP contribution in [0.4, 0.5) is 0 Å². The lowest BCUT2D eigenvalue weighted by atomic mass is 9.87. The van der Waals surface area contributed by atoms with Gasteiger partial charge in [-0.15, -0.1) is 0 Å². The zero-order valence-corrected chi connectivity index (χ0v) is 8.63. The Bertz CT molecular complexity index is 435. The fourth-order valence-corrected chi connectivity index (χ4v) is 2.55. The highest BCUT2D eigenvalue weighted by Gasteiger charge is 2.67. The molecule has 1 heterocycles. The van der Waals surface area contributed by atoms with Gasteiger partial charge in [0.1, 0.15) is 11.4 Å². The molecule has 1 aromatic rings. The zero-order chi connectivity index (χ0) is 9.97. The number of para-hydroxylation sites is 1. The van der Waals surface area contributed by atoms with Crippen molar-refractivity contribution in [1.82, 2.24) is 0 Å². The zero-order valence-electron chi connectivity index (χ0n) is 8.63. The van der Waals surface area contributed by atoms with Crippen molar-refractivity contribution in [2.75, 3.05) is 0 Å². The summed E-state index contributed by atoms with van der Waals surface area (Å²) in [5.74, 6) is 0.995. The Balaban J connectivity index is 2.20. The van der Waals surface area contributed by atoms with Crippen LogP contribution in [0.3, 0.4) is 0 Å². The molecule has 1 aliphatic heterocycles. The van der Waals surface area contributed by atoms with Gasteiger partial charge in [-0.05, 0) is 18.6 Å². The first-order valence-corrected chi connectivity index (χ1v) is 5.05. The van der Waals surface area contributed by atoms with Gasteiger partial charge >= 0.3 is 0 Å². The van der Waals surface area contributed by atoms with Crippen molar-refractivity contribution < 1.29 is 4.74 Å². The SMILES string of the molecule is C=C1c2ccccc2OC2(C)CC12C. The normalized spacial score (nSPS) is 38.3. The predicted molar refractivity (Wildman–Crippen MR) is 57.2 cm³/mol. The standard InChI is InChI=1S/C13H14O/c1-9-10-6-4-5-7-11(10)14-13(3)8-12(9,13)2/h4-7H,1,8H2,2-3H3. The first-order chi connectivity index (χ1) is 6.57. The molecule has 0 bridgehead atoms. The fourth-order valence-electron chi connectivity index (χ4n) is 2.55. The lowest BCUT2D eigenvalue weighted by molar-refractivity contribution is 0.160. The predicted octanol–water partition coefficient (Wildman–Crippen LogP) is 3.26. The molecule has 3 rings (SSSR count). The Morgan fingerprint density at radius 2 is 2.00 bits per heavy atom. The molecule has 0 amide bonds. The van der Waals surface area contributed by atoms with Crippen LogP contribution in [-0.4, -0.2) is 5.60 Å². The minimum Gasteiger partial charge on any atom is -0.486 e. The third-order valence-corrected chi connectivity index (χ3v) is 3.95. The molecule has 1 nitrogen and oxygen atoms in total. The minimum atomic E-state index is -0.00155. The Morgan fingerprint density at radius 1 is 1.29 bits per heavy atom. The topological polar surface area (TPSA) is 9.23 Å². The van der Waals surface area contributed by atoms with Gasteiger partial charge in [-0.25, -0.2) is 0 Å². The summed E-state index contributed by atoms with van der Waals surface area (Å²) in [6.45, 7) is 8.63. The van der Waals surface area contributed by atoms with Crippen LogP contribution in [-0.2, 0) is 0 Å². The lowest BCUT2D eigenvalue weighted by Gasteiger charge is -2.30. The van der Waals surface area contributed by atoms with Gasteiger partial charge in [-0.3, -0.25) is 0 Å². The van der Waals surface area contributed by atoms with E-state index in [4.69, 9.17) is 4.74 Å². The highest BCUT2D eigenvalue weighted by Crippen LogP contribution is 2.68. The third kappa shape index (κ3) is 0.719. The van der Waals surface area contributed by atoms with E-state index >= 15 is 0 Å². The van der Waals surface area contributed by atoms with E-state index in [9.17, 15) is 0 Å². The lowest BCUT2D eigenvalue weighted by Crippen LogP contribution is -2.27. The second kappa shape index (κ2) is 2.05. The van der Waals surface area contributed by atoms with Crippen molar-refractivity contribution in [2.45, 2.75) is 25.9 Å². The van der Waals surface area contributed by atoms with Gasteiger partial charge in [-0.2, -0.15) is 0 Å². The van der Waals surface area contributed by atoms with Crippen molar-refractivity contribution in [3.05, 3.63) is 36.4 Å². The molecule has 72 valence electrons. The van der Waals surface area contributed by atoms with Crippen molar-refractivity contribution in [2.24, 2.45) is 5.41 Å². The maximum absolute atomic E-state index is 6.01. The van der Waals surface area contributed by atoms with Crippen LogP contribution >= 0.6 is 0 Å². The van der Waals surface area contributed by atoms with Crippen LogP contribution in [0, 0.1) is 5.41 Å². The number of rotatable bonds is 0. The Hall–Kier alpha value is -1.24. The summed E-state index contributed by atoms with van der Waals surface area (Å²) in [7, 11) is 0. The molecular formula is C13H14O. The summed E-state index contributed by atoms with van der Waals surface area (Å²) in [4.78, 5) is 0. The number of hydrogen-bond acceptors (Lipinski definition) is 1. The molecule has 1 fully saturated rings. The van der Waals surface area contributed by atoms with Gasteiger partial charge in [0.25, 0.3) is 0 Å². The summed E-state index contributed by atoms with van der Waals surface area (Å²) in [6.07, 6.45) is 1.09. The highest BCUT2D eigenvalue weighted by molar-refractivity contribution is 5.79. The van der Waals surface area contributed by atoms with Gasteiger partial charge in [0.15, 0.2) is 0 Å². The van der Waals surface area contributed by atoms with E-state index in [2.05, 4.69) is 26.5 Å². The number of benzene rings is 1. The van der Waals surface area contributed by atoms with E-state index in [0.29, 0.717) is 0 Å². The van der Waals surface area contributed by atoms with E-state index in [1.165, 1.54) is 11.1 Å². The number of fused-ring (bicyclic) bond motifs is 2. The molecule has 0 saturated heterocycles. The van der Waals surface area contributed by atoms with Crippen LogP contribution in [0.5, 0.6) is 5.75 Å². The minimum absolute atomic E-state index is 0.00155. The molecule has 1 aromatic carbocycles. The molecule has 0 radical (unpaired) electrons. The third-order valence-electron chi connectivity index (χ3n) is 3.95. The van der Waals surface area contributed by atoms with Gasteiger partial charge in [-0.1, -0.05) is 31.7 Å². The van der Waals surface area contributed by atoms with Crippen molar-refractivity contribution in [3.63, 3.8) is 0 Å². The van der Waals surface area contributed by atoms with E-state index in [0.717, 1.165) is 12.2 Å². The number of hydrogen-bond donors (Lipinski definition) is 0. The molecule has 0 N–H and O–H groups in total. The molecule has 1 heteroatoms. The Kier molecular flexibility index (Phi) is 1.19. The van der Waals surface area contributed by atoms with Crippen molar-refractivity contribution in [1.29, 1.82) is 0 Å². The molecule has 1 aliphatic carbocycles. The number of ether oxygens (including phenoxy) is 1. The van der Waals surface area contributed by atoms with E-state index in [-0.39, 0.29) is 11.0 Å². The summed E-state index contributed by atoms with van der Waals surface area (Å²) in [5, 5.41) is 0. The molecular weight excluding hydrogens is 172 g/mol. The summed E-state index contributed by atoms with van der Waals surface area (Å²) in [6, 6.07) is 8.19. The molecule has 2 atom stereocenters. The fraction of sp³-hybridized carbons (Fsp3) is 0.385. The van der Waals surface area contributed by atoms with Gasteiger partial charge in [0.2, 0.25) is 0 Å². The quantitative estimate of drug-likeness (QED) is 0.604. The monoisotopic (exact) mass is 186 g/mol. The average molecular weight is 186 g/mol. The average Bonchev–Trinajstić information content (AvgIpc) is 2.70. The van der Waals surface area contributed by atoms with Crippen LogP contribution in [0.2, 0.25) is 0 Å². The van der Waals surface area contributed by atoms with Crippen molar-refractivity contribution in [3.8, 4) is 5.75 Å². The first-order valence-electron chi connectivity index (χ1n) is 5.05. The van der Waals surface area contributed by atoms with Gasteiger partial charge < -0.3 is 4.74 Å². The van der Waals surface area contributed by atoms with E-state index < -0.39 is 0 Å². The van der Waals surface area contributed by atoms with Gasteiger partial charge in [0, 0.05) is 17.4 Å². The molecule has 0 spiro atoms. The Labute approximate surface area is 84.4 Å². The first kappa shape index (κ1) is 8.10. The largest absolute Gasteiger partial charge is 0.486 e. The van der Waals surface area contributed by atoms with Gasteiger partial charge in [0.05, 0.1) is 0 Å². The Morgan fingerprint density at radius 3 is 2.79 bits per heavy atom. The molecule has 1 saturated carbocycles. The van der Waals surface area contributed by atoms with E-state index in [1.54, 1.807) is 0 Å². The smallest absolute Gasteiger partial charge is 0.127 e. The molecule has 14 heavy (non-hydrogen) atoms. The van der Waals surface area contributed by atoms with Crippen LogP contribution in [0.1, 0.15) is 25.8 Å².